The summed E-state index contributed by atoms with van der Waals surface area (Å²) in [7, 11) is 1.20. The second kappa shape index (κ2) is 6.17. The van der Waals surface area contributed by atoms with Gasteiger partial charge in [0.15, 0.2) is 0 Å². The summed E-state index contributed by atoms with van der Waals surface area (Å²) < 4.78 is 46.3. The molecule has 0 aromatic carbocycles. The molecule has 0 saturated carbocycles. The van der Waals surface area contributed by atoms with Crippen LogP contribution in [-0.4, -0.2) is 29.8 Å². The number of hydrogen-bond donors (Lipinski definition) is 0. The largest absolute Gasteiger partial charge is 0.433 e. The van der Waals surface area contributed by atoms with Gasteiger partial charge >= 0.3 is 6.18 Å². The Bertz CT molecular complexity index is 910. The summed E-state index contributed by atoms with van der Waals surface area (Å²) in [6.07, 6.45) is -4.14. The van der Waals surface area contributed by atoms with E-state index in [1.54, 1.807) is 11.6 Å². The van der Waals surface area contributed by atoms with E-state index >= 15 is 0 Å². The summed E-state index contributed by atoms with van der Waals surface area (Å²) in [6, 6.07) is 0.873. The molecule has 3 aromatic heterocycles. The van der Waals surface area contributed by atoms with Crippen molar-refractivity contribution in [1.29, 1.82) is 0 Å². The number of aryl methyl sites for hydroxylation is 4. The van der Waals surface area contributed by atoms with Crippen molar-refractivity contribution in [3.05, 3.63) is 34.1 Å². The molecule has 0 saturated heterocycles. The molecule has 0 fully saturated rings. The van der Waals surface area contributed by atoms with Gasteiger partial charge in [-0.3, -0.25) is 9.36 Å². The highest BCUT2D eigenvalue weighted by Crippen LogP contribution is 2.31. The predicted octanol–water partition coefficient (Wildman–Crippen LogP) is 3.20. The summed E-state index contributed by atoms with van der Waals surface area (Å²) in [5, 5.41) is 16.3. The number of aromatic nitrogens is 6. The van der Waals surface area contributed by atoms with Gasteiger partial charge in [0, 0.05) is 26.1 Å². The summed E-state index contributed by atoms with van der Waals surface area (Å²) in [5.74, 6) is 0.213. The standard InChI is InChI=1S/C14H14ClF3N6O/c1-7-12(15)8(2)24(21-7)5-4-11-19-20-13(25-11)9-6-10(14(16,17)18)23(3)22-9/h6H,4-5H2,1-3H3. The Morgan fingerprint density at radius 1 is 1.20 bits per heavy atom. The quantitative estimate of drug-likeness (QED) is 0.701. The molecule has 3 heterocycles. The minimum Gasteiger partial charge on any atom is -0.419 e. The predicted molar refractivity (Wildman–Crippen MR) is 81.9 cm³/mol. The third-order valence-electron chi connectivity index (χ3n) is 3.69. The SMILES string of the molecule is Cc1nn(CCc2nnc(-c3cc(C(F)(F)F)n(C)n3)o2)c(C)c1Cl. The zero-order valence-corrected chi connectivity index (χ0v) is 14.4. The van der Waals surface area contributed by atoms with Crippen LogP contribution in [-0.2, 0) is 26.2 Å². The molecule has 3 aromatic rings. The Hall–Kier alpha value is -2.36. The first-order valence-electron chi connectivity index (χ1n) is 7.30. The molecule has 0 atom stereocenters. The van der Waals surface area contributed by atoms with E-state index in [1.165, 1.54) is 7.05 Å². The maximum absolute atomic E-state index is 12.8. The Morgan fingerprint density at radius 2 is 1.92 bits per heavy atom. The molecular weight excluding hydrogens is 361 g/mol. The molecule has 3 rings (SSSR count). The highest BCUT2D eigenvalue weighted by molar-refractivity contribution is 6.31. The van der Waals surface area contributed by atoms with Gasteiger partial charge < -0.3 is 4.42 Å². The Labute approximate surface area is 145 Å². The lowest BCUT2D eigenvalue weighted by Crippen LogP contribution is -2.11. The number of rotatable bonds is 4. The molecule has 0 aliphatic carbocycles. The van der Waals surface area contributed by atoms with Crippen molar-refractivity contribution in [2.45, 2.75) is 33.0 Å². The van der Waals surface area contributed by atoms with Crippen molar-refractivity contribution in [2.24, 2.45) is 7.05 Å². The van der Waals surface area contributed by atoms with Crippen molar-refractivity contribution in [1.82, 2.24) is 29.8 Å². The molecule has 134 valence electrons. The van der Waals surface area contributed by atoms with Gasteiger partial charge in [-0.05, 0) is 13.8 Å². The van der Waals surface area contributed by atoms with Gasteiger partial charge in [0.05, 0.1) is 16.4 Å². The van der Waals surface area contributed by atoms with Gasteiger partial charge in [0.2, 0.25) is 5.89 Å². The summed E-state index contributed by atoms with van der Waals surface area (Å²) >= 11 is 6.08. The topological polar surface area (TPSA) is 74.6 Å². The third-order valence-corrected chi connectivity index (χ3v) is 4.23. The fourth-order valence-electron chi connectivity index (χ4n) is 2.39. The average molecular weight is 375 g/mol. The molecule has 25 heavy (non-hydrogen) atoms. The molecule has 0 N–H and O–H groups in total. The fourth-order valence-corrected chi connectivity index (χ4v) is 2.52. The van der Waals surface area contributed by atoms with Crippen LogP contribution >= 0.6 is 11.6 Å². The molecule has 0 amide bonds. The van der Waals surface area contributed by atoms with E-state index in [-0.39, 0.29) is 17.5 Å². The molecule has 0 spiro atoms. The van der Waals surface area contributed by atoms with Crippen molar-refractivity contribution >= 4 is 11.6 Å². The van der Waals surface area contributed by atoms with Crippen molar-refractivity contribution in [3.63, 3.8) is 0 Å². The Morgan fingerprint density at radius 3 is 2.48 bits per heavy atom. The van der Waals surface area contributed by atoms with Crippen molar-refractivity contribution in [3.8, 4) is 11.6 Å². The lowest BCUT2D eigenvalue weighted by atomic mass is 10.3. The maximum atomic E-state index is 12.8. The van der Waals surface area contributed by atoms with Gasteiger partial charge in [-0.25, -0.2) is 0 Å². The first kappa shape index (κ1) is 17.5. The monoisotopic (exact) mass is 374 g/mol. The summed E-state index contributed by atoms with van der Waals surface area (Å²) in [5.41, 5.74) is 0.624. The van der Waals surface area contributed by atoms with Gasteiger partial charge in [-0.1, -0.05) is 11.6 Å². The molecule has 0 aliphatic rings. The Kier molecular flexibility index (Phi) is 4.31. The van der Waals surface area contributed by atoms with E-state index in [2.05, 4.69) is 20.4 Å². The van der Waals surface area contributed by atoms with E-state index < -0.39 is 11.9 Å². The second-order valence-corrected chi connectivity index (χ2v) is 5.87. The zero-order valence-electron chi connectivity index (χ0n) is 13.6. The minimum absolute atomic E-state index is 0.0252. The van der Waals surface area contributed by atoms with E-state index in [1.807, 2.05) is 6.92 Å². The molecule has 0 aliphatic heterocycles. The molecule has 7 nitrogen and oxygen atoms in total. The zero-order chi connectivity index (χ0) is 18.4. The van der Waals surface area contributed by atoms with Crippen LogP contribution in [0.2, 0.25) is 5.02 Å². The maximum Gasteiger partial charge on any atom is 0.433 e. The Balaban J connectivity index is 1.76. The van der Waals surface area contributed by atoms with Gasteiger partial charge in [0.1, 0.15) is 11.4 Å². The average Bonchev–Trinajstić information content (AvgIpc) is 3.20. The van der Waals surface area contributed by atoms with E-state index in [4.69, 9.17) is 16.0 Å². The third kappa shape index (κ3) is 3.39. The lowest BCUT2D eigenvalue weighted by molar-refractivity contribution is -0.143. The smallest absolute Gasteiger partial charge is 0.419 e. The lowest BCUT2D eigenvalue weighted by Gasteiger charge is -2.04. The molecule has 0 bridgehead atoms. The van der Waals surface area contributed by atoms with Crippen LogP contribution in [0.15, 0.2) is 10.5 Å². The summed E-state index contributed by atoms with van der Waals surface area (Å²) in [6.45, 7) is 4.10. The van der Waals surface area contributed by atoms with Crippen LogP contribution in [0.1, 0.15) is 23.0 Å². The van der Waals surface area contributed by atoms with E-state index in [0.717, 1.165) is 22.1 Å². The fraction of sp³-hybridized carbons (Fsp3) is 0.429. The van der Waals surface area contributed by atoms with Crippen LogP contribution in [0.4, 0.5) is 13.2 Å². The van der Waals surface area contributed by atoms with Gasteiger partial charge in [-0.15, -0.1) is 10.2 Å². The van der Waals surface area contributed by atoms with Crippen LogP contribution in [0.5, 0.6) is 0 Å². The van der Waals surface area contributed by atoms with Crippen molar-refractivity contribution in [2.75, 3.05) is 0 Å². The minimum atomic E-state index is -4.50. The number of alkyl halides is 3. The molecular formula is C14H14ClF3N6O. The van der Waals surface area contributed by atoms with Crippen molar-refractivity contribution < 1.29 is 17.6 Å². The van der Waals surface area contributed by atoms with Gasteiger partial charge in [0.25, 0.3) is 5.89 Å². The van der Waals surface area contributed by atoms with Crippen LogP contribution < -0.4 is 0 Å². The first-order valence-corrected chi connectivity index (χ1v) is 7.68. The number of hydrogen-bond acceptors (Lipinski definition) is 5. The van der Waals surface area contributed by atoms with Gasteiger partial charge in [-0.2, -0.15) is 23.4 Å². The van der Waals surface area contributed by atoms with E-state index in [0.29, 0.717) is 18.0 Å². The molecule has 0 radical (unpaired) electrons. The van der Waals surface area contributed by atoms with Crippen LogP contribution in [0.3, 0.4) is 0 Å². The molecule has 11 heteroatoms. The summed E-state index contributed by atoms with van der Waals surface area (Å²) in [4.78, 5) is 0. The van der Waals surface area contributed by atoms with E-state index in [9.17, 15) is 13.2 Å². The molecule has 0 unspecified atom stereocenters. The number of nitrogens with zero attached hydrogens (tertiary/aromatic N) is 6. The van der Waals surface area contributed by atoms with Crippen LogP contribution in [0, 0.1) is 13.8 Å². The first-order chi connectivity index (χ1) is 11.7. The normalized spacial score (nSPS) is 12.1. The second-order valence-electron chi connectivity index (χ2n) is 5.50. The highest BCUT2D eigenvalue weighted by Gasteiger charge is 2.35. The van der Waals surface area contributed by atoms with Crippen LogP contribution in [0.25, 0.3) is 11.6 Å². The number of halogens is 4. The highest BCUT2D eigenvalue weighted by atomic mass is 35.5.